The number of aliphatic imine (C=N–C) groups is 1. The molecule has 2 rings (SSSR count). The van der Waals surface area contributed by atoms with E-state index in [2.05, 4.69) is 48.5 Å². The van der Waals surface area contributed by atoms with Crippen LogP contribution in [0.3, 0.4) is 0 Å². The summed E-state index contributed by atoms with van der Waals surface area (Å²) in [6.07, 6.45) is 1.93. The average molecular weight is 215 g/mol. The number of para-hydroxylation sites is 1. The fourth-order valence-electron chi connectivity index (χ4n) is 1.50. The second kappa shape index (κ2) is 4.41. The lowest BCUT2D eigenvalue weighted by Crippen LogP contribution is -1.80. The van der Waals surface area contributed by atoms with E-state index in [4.69, 9.17) is 0 Å². The van der Waals surface area contributed by atoms with Gasteiger partial charge in [-0.2, -0.15) is 0 Å². The molecule has 0 saturated carbocycles. The molecule has 0 radical (unpaired) electrons. The summed E-state index contributed by atoms with van der Waals surface area (Å²) < 4.78 is 0. The third-order valence-electron chi connectivity index (χ3n) is 2.30. The summed E-state index contributed by atoms with van der Waals surface area (Å²) in [5, 5.41) is 2.06. The van der Waals surface area contributed by atoms with Crippen molar-refractivity contribution in [1.82, 2.24) is 0 Å². The number of rotatable bonds is 2. The Bertz CT molecular complexity index is 449. The van der Waals surface area contributed by atoms with E-state index in [-0.39, 0.29) is 0 Å². The molecule has 1 aromatic heterocycles. The van der Waals surface area contributed by atoms with E-state index in [1.807, 2.05) is 12.3 Å². The van der Waals surface area contributed by atoms with Crippen molar-refractivity contribution < 1.29 is 0 Å². The van der Waals surface area contributed by atoms with E-state index < -0.39 is 0 Å². The molecule has 0 amide bonds. The van der Waals surface area contributed by atoms with Gasteiger partial charge in [0.2, 0.25) is 0 Å². The zero-order valence-corrected chi connectivity index (χ0v) is 9.71. The van der Waals surface area contributed by atoms with E-state index in [1.54, 1.807) is 11.3 Å². The summed E-state index contributed by atoms with van der Waals surface area (Å²) in [5.41, 5.74) is 3.54. The molecule has 0 atom stereocenters. The van der Waals surface area contributed by atoms with Crippen molar-refractivity contribution in [2.45, 2.75) is 13.8 Å². The van der Waals surface area contributed by atoms with E-state index in [0.717, 1.165) is 5.69 Å². The number of benzene rings is 1. The molecule has 0 aliphatic rings. The van der Waals surface area contributed by atoms with Gasteiger partial charge in [0.25, 0.3) is 0 Å². The van der Waals surface area contributed by atoms with Crippen LogP contribution in [-0.4, -0.2) is 6.21 Å². The standard InChI is InChI=1S/C13H13NS/c1-10-5-3-6-11(2)13(10)14-9-12-7-4-8-15-12/h3-9H,1-2H3. The predicted octanol–water partition coefficient (Wildman–Crippen LogP) is 4.12. The minimum Gasteiger partial charge on any atom is -0.255 e. The van der Waals surface area contributed by atoms with Crippen LogP contribution in [0.25, 0.3) is 0 Å². The lowest BCUT2D eigenvalue weighted by atomic mass is 10.1. The molecular formula is C13H13NS. The van der Waals surface area contributed by atoms with Crippen LogP contribution < -0.4 is 0 Å². The van der Waals surface area contributed by atoms with Crippen LogP contribution in [0.1, 0.15) is 16.0 Å². The van der Waals surface area contributed by atoms with Crippen LogP contribution in [0.4, 0.5) is 5.69 Å². The smallest absolute Gasteiger partial charge is 0.0688 e. The molecule has 0 N–H and O–H groups in total. The number of nitrogens with zero attached hydrogens (tertiary/aromatic N) is 1. The highest BCUT2D eigenvalue weighted by Gasteiger charge is 1.98. The van der Waals surface area contributed by atoms with Crippen molar-refractivity contribution in [1.29, 1.82) is 0 Å². The first kappa shape index (κ1) is 10.1. The molecule has 0 fully saturated rings. The van der Waals surface area contributed by atoms with Gasteiger partial charge < -0.3 is 0 Å². The van der Waals surface area contributed by atoms with Crippen molar-refractivity contribution in [2.24, 2.45) is 4.99 Å². The zero-order chi connectivity index (χ0) is 10.7. The highest BCUT2D eigenvalue weighted by Crippen LogP contribution is 2.23. The Labute approximate surface area is 94.1 Å². The second-order valence-corrected chi connectivity index (χ2v) is 4.49. The fourth-order valence-corrected chi connectivity index (χ4v) is 2.09. The Kier molecular flexibility index (Phi) is 2.97. The lowest BCUT2D eigenvalue weighted by molar-refractivity contribution is 1.33. The van der Waals surface area contributed by atoms with Crippen molar-refractivity contribution in [3.05, 3.63) is 51.7 Å². The number of hydrogen-bond acceptors (Lipinski definition) is 2. The molecule has 2 heteroatoms. The normalized spacial score (nSPS) is 11.1. The topological polar surface area (TPSA) is 12.4 Å². The quantitative estimate of drug-likeness (QED) is 0.668. The van der Waals surface area contributed by atoms with E-state index in [9.17, 15) is 0 Å². The Balaban J connectivity index is 2.32. The molecule has 76 valence electrons. The Morgan fingerprint density at radius 2 is 1.80 bits per heavy atom. The summed E-state index contributed by atoms with van der Waals surface area (Å²) >= 11 is 1.70. The molecule has 2 aromatic rings. The summed E-state index contributed by atoms with van der Waals surface area (Å²) in [4.78, 5) is 5.73. The fraction of sp³-hybridized carbons (Fsp3) is 0.154. The van der Waals surface area contributed by atoms with Gasteiger partial charge in [0.15, 0.2) is 0 Å². The van der Waals surface area contributed by atoms with E-state index in [0.29, 0.717) is 0 Å². The predicted molar refractivity (Wildman–Crippen MR) is 67.5 cm³/mol. The van der Waals surface area contributed by atoms with Crippen LogP contribution in [-0.2, 0) is 0 Å². The van der Waals surface area contributed by atoms with Crippen LogP contribution in [0, 0.1) is 13.8 Å². The first-order valence-corrected chi connectivity index (χ1v) is 5.79. The number of thiophene rings is 1. The number of hydrogen-bond donors (Lipinski definition) is 0. The summed E-state index contributed by atoms with van der Waals surface area (Å²) in [5.74, 6) is 0. The molecular weight excluding hydrogens is 202 g/mol. The van der Waals surface area contributed by atoms with Gasteiger partial charge in [-0.05, 0) is 36.4 Å². The monoisotopic (exact) mass is 215 g/mol. The molecule has 1 aromatic carbocycles. The van der Waals surface area contributed by atoms with Gasteiger partial charge in [0.05, 0.1) is 5.69 Å². The van der Waals surface area contributed by atoms with Crippen LogP contribution in [0.2, 0.25) is 0 Å². The Morgan fingerprint density at radius 3 is 2.40 bits per heavy atom. The molecule has 0 aliphatic heterocycles. The number of aryl methyl sites for hydroxylation is 2. The molecule has 0 spiro atoms. The molecule has 0 unspecified atom stereocenters. The van der Waals surface area contributed by atoms with Gasteiger partial charge >= 0.3 is 0 Å². The molecule has 0 bridgehead atoms. The van der Waals surface area contributed by atoms with Crippen molar-refractivity contribution in [3.63, 3.8) is 0 Å². The summed E-state index contributed by atoms with van der Waals surface area (Å²) in [6.45, 7) is 4.18. The maximum Gasteiger partial charge on any atom is 0.0688 e. The van der Waals surface area contributed by atoms with E-state index >= 15 is 0 Å². The van der Waals surface area contributed by atoms with Gasteiger partial charge in [-0.15, -0.1) is 11.3 Å². The zero-order valence-electron chi connectivity index (χ0n) is 8.90. The van der Waals surface area contributed by atoms with Gasteiger partial charge in [-0.25, -0.2) is 0 Å². The van der Waals surface area contributed by atoms with Crippen molar-refractivity contribution in [3.8, 4) is 0 Å². The Morgan fingerprint density at radius 1 is 1.07 bits per heavy atom. The maximum absolute atomic E-state index is 4.53. The molecule has 1 heterocycles. The minimum absolute atomic E-state index is 1.09. The average Bonchev–Trinajstić information content (AvgIpc) is 2.70. The van der Waals surface area contributed by atoms with Crippen LogP contribution >= 0.6 is 11.3 Å². The molecule has 0 saturated heterocycles. The largest absolute Gasteiger partial charge is 0.255 e. The minimum atomic E-state index is 1.09. The van der Waals surface area contributed by atoms with Gasteiger partial charge in [-0.3, -0.25) is 4.99 Å². The Hall–Kier alpha value is -1.41. The first-order valence-electron chi connectivity index (χ1n) is 4.91. The highest BCUT2D eigenvalue weighted by atomic mass is 32.1. The van der Waals surface area contributed by atoms with Gasteiger partial charge in [-0.1, -0.05) is 24.3 Å². The van der Waals surface area contributed by atoms with Crippen molar-refractivity contribution >= 4 is 23.2 Å². The van der Waals surface area contributed by atoms with Crippen LogP contribution in [0.5, 0.6) is 0 Å². The third-order valence-corrected chi connectivity index (χ3v) is 3.11. The highest BCUT2D eigenvalue weighted by molar-refractivity contribution is 7.11. The molecule has 15 heavy (non-hydrogen) atoms. The second-order valence-electron chi connectivity index (χ2n) is 3.51. The SMILES string of the molecule is Cc1cccc(C)c1N=Cc1cccs1. The first-order chi connectivity index (χ1) is 7.27. The van der Waals surface area contributed by atoms with E-state index in [1.165, 1.54) is 16.0 Å². The van der Waals surface area contributed by atoms with Gasteiger partial charge in [0.1, 0.15) is 0 Å². The summed E-state index contributed by atoms with van der Waals surface area (Å²) in [6, 6.07) is 10.4. The lowest BCUT2D eigenvalue weighted by Gasteiger charge is -2.02. The molecule has 1 nitrogen and oxygen atoms in total. The molecule has 0 aliphatic carbocycles. The van der Waals surface area contributed by atoms with Crippen LogP contribution in [0.15, 0.2) is 40.7 Å². The maximum atomic E-state index is 4.53. The van der Waals surface area contributed by atoms with Crippen molar-refractivity contribution in [2.75, 3.05) is 0 Å². The summed E-state index contributed by atoms with van der Waals surface area (Å²) in [7, 11) is 0. The third kappa shape index (κ3) is 2.34. The van der Waals surface area contributed by atoms with Gasteiger partial charge in [0, 0.05) is 11.1 Å².